The molecule has 9 heteroatoms. The highest BCUT2D eigenvalue weighted by molar-refractivity contribution is 9.10. The summed E-state index contributed by atoms with van der Waals surface area (Å²) >= 11 is 3.25. The number of sulfonamides is 1. The van der Waals surface area contributed by atoms with E-state index < -0.39 is 19.9 Å². The van der Waals surface area contributed by atoms with Crippen LogP contribution in [-0.2, 0) is 19.9 Å². The van der Waals surface area contributed by atoms with E-state index in [1.54, 1.807) is 13.0 Å². The Bertz CT molecular complexity index is 746. The molecule has 0 aromatic heterocycles. The van der Waals surface area contributed by atoms with Crippen LogP contribution in [0.4, 0.5) is 5.69 Å². The van der Waals surface area contributed by atoms with Crippen LogP contribution in [0.25, 0.3) is 0 Å². The van der Waals surface area contributed by atoms with Crippen LogP contribution in [0.3, 0.4) is 0 Å². The van der Waals surface area contributed by atoms with Crippen molar-refractivity contribution in [2.45, 2.75) is 30.7 Å². The van der Waals surface area contributed by atoms with E-state index in [0.717, 1.165) is 0 Å². The third-order valence-corrected chi connectivity index (χ3v) is 7.52. The fraction of sp³-hybridized carbons (Fsp3) is 0.500. The lowest BCUT2D eigenvalue weighted by Crippen LogP contribution is -2.41. The van der Waals surface area contributed by atoms with Gasteiger partial charge in [0.1, 0.15) is 9.84 Å². The second-order valence-electron chi connectivity index (χ2n) is 5.19. The minimum absolute atomic E-state index is 0.0155. The predicted molar refractivity (Wildman–Crippen MR) is 85.3 cm³/mol. The quantitative estimate of drug-likeness (QED) is 0.746. The van der Waals surface area contributed by atoms with E-state index in [9.17, 15) is 16.8 Å². The van der Waals surface area contributed by atoms with Crippen LogP contribution in [0.5, 0.6) is 0 Å². The summed E-state index contributed by atoms with van der Waals surface area (Å²) in [5.74, 6) is 0.0310. The summed E-state index contributed by atoms with van der Waals surface area (Å²) in [7, 11) is -6.73. The molecule has 1 heterocycles. The summed E-state index contributed by atoms with van der Waals surface area (Å²) in [6, 6.07) is 2.69. The number of nitrogens with one attached hydrogen (secondary N) is 1. The van der Waals surface area contributed by atoms with Gasteiger partial charge in [-0.3, -0.25) is 0 Å². The van der Waals surface area contributed by atoms with Crippen molar-refractivity contribution in [3.05, 3.63) is 22.2 Å². The van der Waals surface area contributed by atoms with Crippen molar-refractivity contribution >= 4 is 41.5 Å². The molecule has 3 N–H and O–H groups in total. The van der Waals surface area contributed by atoms with Gasteiger partial charge in [-0.05, 0) is 53.4 Å². The Morgan fingerprint density at radius 3 is 2.43 bits per heavy atom. The first kappa shape index (κ1) is 16.7. The highest BCUT2D eigenvalue weighted by atomic mass is 79.9. The maximum atomic E-state index is 12.4. The standard InChI is InChI=1S/C12H17BrN2O4S2/c1-8-6-10(13)11(14)7-12(8)21(18,19)15-9-2-4-20(16,17)5-3-9/h6-7,9,15H,2-5,14H2,1H3. The molecule has 0 aliphatic carbocycles. The van der Waals surface area contributed by atoms with Gasteiger partial charge in [-0.2, -0.15) is 0 Å². The van der Waals surface area contributed by atoms with Crippen molar-refractivity contribution in [3.8, 4) is 0 Å². The predicted octanol–water partition coefficient (Wildman–Crippen LogP) is 1.20. The van der Waals surface area contributed by atoms with Gasteiger partial charge in [-0.1, -0.05) is 0 Å². The number of nitrogen functional groups attached to an aromatic ring is 1. The molecule has 0 amide bonds. The van der Waals surface area contributed by atoms with E-state index >= 15 is 0 Å². The summed E-state index contributed by atoms with van der Waals surface area (Å²) in [5.41, 5.74) is 6.65. The number of nitrogens with two attached hydrogens (primary N) is 1. The number of halogens is 1. The zero-order chi connectivity index (χ0) is 15.8. The van der Waals surface area contributed by atoms with Crippen molar-refractivity contribution in [1.82, 2.24) is 4.72 Å². The van der Waals surface area contributed by atoms with Gasteiger partial charge in [0.05, 0.1) is 16.4 Å². The Labute approximate surface area is 133 Å². The van der Waals surface area contributed by atoms with E-state index in [0.29, 0.717) is 28.6 Å². The van der Waals surface area contributed by atoms with Gasteiger partial charge in [0.2, 0.25) is 10.0 Å². The number of rotatable bonds is 3. The lowest BCUT2D eigenvalue weighted by molar-refractivity contribution is 0.505. The van der Waals surface area contributed by atoms with Crippen LogP contribution < -0.4 is 10.5 Å². The largest absolute Gasteiger partial charge is 0.398 e. The van der Waals surface area contributed by atoms with Crippen molar-refractivity contribution < 1.29 is 16.8 Å². The van der Waals surface area contributed by atoms with Gasteiger partial charge in [-0.25, -0.2) is 21.6 Å². The molecule has 0 spiro atoms. The number of sulfone groups is 1. The molecular weight excluding hydrogens is 380 g/mol. The number of hydrogen-bond acceptors (Lipinski definition) is 5. The monoisotopic (exact) mass is 396 g/mol. The molecule has 0 unspecified atom stereocenters. The van der Waals surface area contributed by atoms with Gasteiger partial charge in [0.15, 0.2) is 0 Å². The first-order valence-corrected chi connectivity index (χ1v) is 10.5. The highest BCUT2D eigenvalue weighted by Gasteiger charge is 2.28. The van der Waals surface area contributed by atoms with Crippen molar-refractivity contribution in [2.75, 3.05) is 17.2 Å². The van der Waals surface area contributed by atoms with Crippen LogP contribution in [0, 0.1) is 6.92 Å². The zero-order valence-electron chi connectivity index (χ0n) is 11.5. The molecule has 118 valence electrons. The van der Waals surface area contributed by atoms with Gasteiger partial charge in [0.25, 0.3) is 0 Å². The molecule has 0 atom stereocenters. The molecular formula is C12H17BrN2O4S2. The molecule has 1 aromatic rings. The number of benzene rings is 1. The number of hydrogen-bond donors (Lipinski definition) is 2. The molecule has 21 heavy (non-hydrogen) atoms. The second-order valence-corrected chi connectivity index (χ2v) is 10.0. The smallest absolute Gasteiger partial charge is 0.241 e. The molecule has 1 saturated heterocycles. The van der Waals surface area contributed by atoms with Crippen molar-refractivity contribution in [3.63, 3.8) is 0 Å². The van der Waals surface area contributed by atoms with Crippen LogP contribution in [0.1, 0.15) is 18.4 Å². The van der Waals surface area contributed by atoms with Crippen LogP contribution in [0.15, 0.2) is 21.5 Å². The molecule has 6 nitrogen and oxygen atoms in total. The van der Waals surface area contributed by atoms with E-state index in [1.165, 1.54) is 6.07 Å². The van der Waals surface area contributed by atoms with Crippen LogP contribution in [0.2, 0.25) is 0 Å². The number of aryl methyl sites for hydroxylation is 1. The number of anilines is 1. The van der Waals surface area contributed by atoms with Crippen LogP contribution in [-0.4, -0.2) is 34.4 Å². The van der Waals surface area contributed by atoms with Crippen molar-refractivity contribution in [1.29, 1.82) is 0 Å². The van der Waals surface area contributed by atoms with E-state index in [1.807, 2.05) is 0 Å². The Kier molecular flexibility index (Phi) is 4.67. The third kappa shape index (κ3) is 3.97. The molecule has 0 saturated carbocycles. The average molecular weight is 397 g/mol. The van der Waals surface area contributed by atoms with Crippen LogP contribution >= 0.6 is 15.9 Å². The summed E-state index contributed by atoms with van der Waals surface area (Å²) < 4.78 is 50.8. The average Bonchev–Trinajstić information content (AvgIpc) is 2.36. The minimum atomic E-state index is -3.71. The minimum Gasteiger partial charge on any atom is -0.398 e. The Morgan fingerprint density at radius 1 is 1.29 bits per heavy atom. The molecule has 1 aliphatic rings. The van der Waals surface area contributed by atoms with E-state index in [4.69, 9.17) is 5.73 Å². The fourth-order valence-electron chi connectivity index (χ4n) is 2.25. The summed E-state index contributed by atoms with van der Waals surface area (Å²) in [4.78, 5) is 0.122. The Morgan fingerprint density at radius 2 is 1.86 bits per heavy atom. The fourth-order valence-corrected chi connectivity index (χ4v) is 5.76. The lowest BCUT2D eigenvalue weighted by Gasteiger charge is -2.23. The summed E-state index contributed by atoms with van der Waals surface area (Å²) in [6.45, 7) is 1.68. The molecule has 0 bridgehead atoms. The summed E-state index contributed by atoms with van der Waals surface area (Å²) in [5, 5.41) is 0. The maximum absolute atomic E-state index is 12.4. The van der Waals surface area contributed by atoms with Gasteiger partial charge in [-0.15, -0.1) is 0 Å². The molecule has 0 radical (unpaired) electrons. The van der Waals surface area contributed by atoms with Gasteiger partial charge in [0, 0.05) is 16.2 Å². The molecule has 1 aliphatic heterocycles. The van der Waals surface area contributed by atoms with E-state index in [-0.39, 0.29) is 22.4 Å². The van der Waals surface area contributed by atoms with Gasteiger partial charge >= 0.3 is 0 Å². The molecule has 1 fully saturated rings. The Hall–Kier alpha value is -0.640. The molecule has 1 aromatic carbocycles. The third-order valence-electron chi connectivity index (χ3n) is 3.46. The lowest BCUT2D eigenvalue weighted by atomic mass is 10.2. The topological polar surface area (TPSA) is 106 Å². The zero-order valence-corrected chi connectivity index (χ0v) is 14.7. The van der Waals surface area contributed by atoms with Crippen molar-refractivity contribution in [2.24, 2.45) is 0 Å². The SMILES string of the molecule is Cc1cc(Br)c(N)cc1S(=O)(=O)NC1CCS(=O)(=O)CC1. The maximum Gasteiger partial charge on any atom is 0.241 e. The second kappa shape index (κ2) is 5.86. The first-order chi connectivity index (χ1) is 9.61. The summed E-state index contributed by atoms with van der Waals surface area (Å²) in [6.07, 6.45) is 0.596. The van der Waals surface area contributed by atoms with Gasteiger partial charge < -0.3 is 5.73 Å². The normalized spacial score (nSPS) is 19.5. The van der Waals surface area contributed by atoms with E-state index in [2.05, 4.69) is 20.7 Å². The first-order valence-electron chi connectivity index (χ1n) is 6.39. The molecule has 2 rings (SSSR count). The highest BCUT2D eigenvalue weighted by Crippen LogP contribution is 2.27. The Balaban J connectivity index is 2.22.